The van der Waals surface area contributed by atoms with Crippen molar-refractivity contribution >= 4 is 21.6 Å². The quantitative estimate of drug-likeness (QED) is 0.769. The average Bonchev–Trinajstić information content (AvgIpc) is 2.23. The fourth-order valence-corrected chi connectivity index (χ4v) is 1.79. The van der Waals surface area contributed by atoms with Crippen molar-refractivity contribution in [2.24, 2.45) is 0 Å². The summed E-state index contributed by atoms with van der Waals surface area (Å²) in [6.45, 7) is 3.92. The molecule has 0 fully saturated rings. The van der Waals surface area contributed by atoms with E-state index in [4.69, 9.17) is 0 Å². The van der Waals surface area contributed by atoms with Crippen LogP contribution < -0.4 is 5.32 Å². The zero-order valence-corrected chi connectivity index (χ0v) is 9.72. The number of hydrogen-bond donors (Lipinski definition) is 1. The average molecular weight is 268 g/mol. The summed E-state index contributed by atoms with van der Waals surface area (Å²) in [5, 5.41) is 3.20. The maximum atomic E-state index is 12.7. The fourth-order valence-electron chi connectivity index (χ4n) is 1.49. The van der Waals surface area contributed by atoms with E-state index in [-0.39, 0.29) is 10.6 Å². The van der Waals surface area contributed by atoms with Crippen LogP contribution in [0.25, 0.3) is 5.70 Å². The Bertz CT molecular complexity index is 408. The standard InChI is InChI=1S/C12H11BrFN/c1-8-11(13)6-7-12(15-8)9-2-4-10(14)5-3-9/h2-5,7,11,15H,1,6H2. The van der Waals surface area contributed by atoms with Crippen molar-refractivity contribution in [3.8, 4) is 0 Å². The predicted molar refractivity (Wildman–Crippen MR) is 64.0 cm³/mol. The van der Waals surface area contributed by atoms with Crippen LogP contribution in [-0.2, 0) is 0 Å². The zero-order valence-electron chi connectivity index (χ0n) is 8.13. The lowest BCUT2D eigenvalue weighted by Gasteiger charge is -2.22. The summed E-state index contributed by atoms with van der Waals surface area (Å²) >= 11 is 3.50. The summed E-state index contributed by atoms with van der Waals surface area (Å²) in [6, 6.07) is 6.44. The lowest BCUT2D eigenvalue weighted by Crippen LogP contribution is -2.22. The molecule has 1 nitrogen and oxygen atoms in total. The first-order chi connectivity index (χ1) is 7.16. The monoisotopic (exact) mass is 267 g/mol. The molecule has 0 aliphatic carbocycles. The second-order valence-electron chi connectivity index (χ2n) is 3.48. The second-order valence-corrected chi connectivity index (χ2v) is 4.58. The largest absolute Gasteiger partial charge is 0.358 e. The van der Waals surface area contributed by atoms with E-state index in [1.807, 2.05) is 0 Å². The molecule has 0 amide bonds. The van der Waals surface area contributed by atoms with Gasteiger partial charge in [0, 0.05) is 11.4 Å². The van der Waals surface area contributed by atoms with Crippen molar-refractivity contribution in [1.82, 2.24) is 5.32 Å². The van der Waals surface area contributed by atoms with Crippen LogP contribution in [0.3, 0.4) is 0 Å². The maximum absolute atomic E-state index is 12.7. The zero-order chi connectivity index (χ0) is 10.8. The summed E-state index contributed by atoms with van der Waals surface area (Å²) in [5.41, 5.74) is 2.92. The highest BCUT2D eigenvalue weighted by Crippen LogP contribution is 2.24. The molecule has 0 spiro atoms. The van der Waals surface area contributed by atoms with E-state index in [0.29, 0.717) is 0 Å². The van der Waals surface area contributed by atoms with Crippen molar-refractivity contribution < 1.29 is 4.39 Å². The highest BCUT2D eigenvalue weighted by Gasteiger charge is 2.15. The van der Waals surface area contributed by atoms with Crippen LogP contribution in [0.5, 0.6) is 0 Å². The van der Waals surface area contributed by atoms with Gasteiger partial charge in [0.1, 0.15) is 5.82 Å². The summed E-state index contributed by atoms with van der Waals surface area (Å²) in [7, 11) is 0. The third-order valence-electron chi connectivity index (χ3n) is 2.36. The maximum Gasteiger partial charge on any atom is 0.123 e. The molecule has 1 aliphatic heterocycles. The van der Waals surface area contributed by atoms with Gasteiger partial charge >= 0.3 is 0 Å². The number of alkyl halides is 1. The van der Waals surface area contributed by atoms with E-state index in [9.17, 15) is 4.39 Å². The van der Waals surface area contributed by atoms with Gasteiger partial charge in [-0.2, -0.15) is 0 Å². The van der Waals surface area contributed by atoms with Crippen molar-refractivity contribution in [3.63, 3.8) is 0 Å². The van der Waals surface area contributed by atoms with Crippen LogP contribution in [0.4, 0.5) is 4.39 Å². The van der Waals surface area contributed by atoms with Gasteiger partial charge in [0.15, 0.2) is 0 Å². The van der Waals surface area contributed by atoms with Crippen LogP contribution in [-0.4, -0.2) is 4.83 Å². The predicted octanol–water partition coefficient (Wildman–Crippen LogP) is 3.44. The molecule has 1 unspecified atom stereocenters. The van der Waals surface area contributed by atoms with Gasteiger partial charge in [0.2, 0.25) is 0 Å². The molecule has 0 saturated carbocycles. The van der Waals surface area contributed by atoms with E-state index >= 15 is 0 Å². The molecule has 15 heavy (non-hydrogen) atoms. The van der Waals surface area contributed by atoms with Gasteiger partial charge < -0.3 is 5.32 Å². The summed E-state index contributed by atoms with van der Waals surface area (Å²) in [6.07, 6.45) is 2.99. The number of allylic oxidation sites excluding steroid dienone is 2. The second kappa shape index (κ2) is 4.19. The lowest BCUT2D eigenvalue weighted by molar-refractivity contribution is 0.627. The van der Waals surface area contributed by atoms with Crippen molar-refractivity contribution in [2.75, 3.05) is 0 Å². The molecule has 1 aromatic rings. The Morgan fingerprint density at radius 2 is 2.00 bits per heavy atom. The van der Waals surface area contributed by atoms with Gasteiger partial charge in [-0.05, 0) is 24.1 Å². The van der Waals surface area contributed by atoms with Gasteiger partial charge in [0.05, 0.1) is 4.83 Å². The highest BCUT2D eigenvalue weighted by atomic mass is 79.9. The summed E-state index contributed by atoms with van der Waals surface area (Å²) < 4.78 is 12.7. The Morgan fingerprint density at radius 1 is 1.33 bits per heavy atom. The minimum absolute atomic E-state index is 0.215. The number of halogens is 2. The normalized spacial score (nSPS) is 20.8. The molecule has 2 rings (SSSR count). The molecule has 1 N–H and O–H groups in total. The number of rotatable bonds is 1. The number of nitrogens with one attached hydrogen (secondary N) is 1. The van der Waals surface area contributed by atoms with Gasteiger partial charge in [0.25, 0.3) is 0 Å². The van der Waals surface area contributed by atoms with Crippen molar-refractivity contribution in [3.05, 3.63) is 54.0 Å². The Labute approximate surface area is 96.8 Å². The number of benzene rings is 1. The minimum Gasteiger partial charge on any atom is -0.358 e. The first-order valence-electron chi connectivity index (χ1n) is 4.73. The first kappa shape index (κ1) is 10.4. The van der Waals surface area contributed by atoms with E-state index in [1.54, 1.807) is 12.1 Å². The molecule has 1 atom stereocenters. The Morgan fingerprint density at radius 3 is 2.60 bits per heavy atom. The van der Waals surface area contributed by atoms with Gasteiger partial charge in [-0.3, -0.25) is 0 Å². The van der Waals surface area contributed by atoms with Crippen molar-refractivity contribution in [1.29, 1.82) is 0 Å². The SMILES string of the molecule is C=C1NC(c2ccc(F)cc2)=CCC1Br. The van der Waals surface area contributed by atoms with Crippen LogP contribution >= 0.6 is 15.9 Å². The minimum atomic E-state index is -0.215. The Balaban J connectivity index is 2.25. The molecular weight excluding hydrogens is 257 g/mol. The molecule has 0 radical (unpaired) electrons. The molecule has 1 aromatic carbocycles. The third kappa shape index (κ3) is 2.29. The summed E-state index contributed by atoms with van der Waals surface area (Å²) in [5.74, 6) is -0.215. The van der Waals surface area contributed by atoms with Crippen LogP contribution in [0, 0.1) is 5.82 Å². The van der Waals surface area contributed by atoms with Crippen LogP contribution in [0.1, 0.15) is 12.0 Å². The van der Waals surface area contributed by atoms with Crippen LogP contribution in [0.15, 0.2) is 42.6 Å². The molecule has 0 bridgehead atoms. The summed E-state index contributed by atoms with van der Waals surface area (Å²) in [4.78, 5) is 0.279. The van der Waals surface area contributed by atoms with Crippen molar-refractivity contribution in [2.45, 2.75) is 11.2 Å². The van der Waals surface area contributed by atoms with Gasteiger partial charge in [-0.25, -0.2) is 4.39 Å². The third-order valence-corrected chi connectivity index (χ3v) is 3.28. The molecule has 0 aromatic heterocycles. The fraction of sp³-hybridized carbons (Fsp3) is 0.167. The van der Waals surface area contributed by atoms with Crippen LogP contribution in [0.2, 0.25) is 0 Å². The molecule has 78 valence electrons. The molecule has 1 aliphatic rings. The molecule has 0 saturated heterocycles. The highest BCUT2D eigenvalue weighted by molar-refractivity contribution is 9.09. The van der Waals surface area contributed by atoms with Gasteiger partial charge in [-0.1, -0.05) is 40.7 Å². The van der Waals surface area contributed by atoms with E-state index in [1.165, 1.54) is 12.1 Å². The van der Waals surface area contributed by atoms with Gasteiger partial charge in [-0.15, -0.1) is 0 Å². The molecular formula is C12H11BrFN. The lowest BCUT2D eigenvalue weighted by atomic mass is 10.1. The van der Waals surface area contributed by atoms with E-state index in [0.717, 1.165) is 23.4 Å². The Hall–Kier alpha value is -1.09. The van der Waals surface area contributed by atoms with E-state index in [2.05, 4.69) is 33.9 Å². The molecule has 3 heteroatoms. The van der Waals surface area contributed by atoms with E-state index < -0.39 is 0 Å². The topological polar surface area (TPSA) is 12.0 Å². The smallest absolute Gasteiger partial charge is 0.123 e. The Kier molecular flexibility index (Phi) is 2.91. The first-order valence-corrected chi connectivity index (χ1v) is 5.64. The molecule has 1 heterocycles. The number of hydrogen-bond acceptors (Lipinski definition) is 1.